The highest BCUT2D eigenvalue weighted by Crippen LogP contribution is 2.29. The number of thiocarbonyl (C=S) groups is 1. The van der Waals surface area contributed by atoms with Crippen LogP contribution in [0.4, 0.5) is 11.8 Å². The predicted octanol–water partition coefficient (Wildman–Crippen LogP) is 4.29. The van der Waals surface area contributed by atoms with Crippen LogP contribution in [0.2, 0.25) is 0 Å². The summed E-state index contributed by atoms with van der Waals surface area (Å²) < 4.78 is 5.21. The Labute approximate surface area is 203 Å². The summed E-state index contributed by atoms with van der Waals surface area (Å²) in [7, 11) is 1.65. The lowest BCUT2D eigenvalue weighted by Crippen LogP contribution is -2.38. The Hall–Kier alpha value is -2.98. The van der Waals surface area contributed by atoms with E-state index >= 15 is 0 Å². The van der Waals surface area contributed by atoms with Gasteiger partial charge in [0.05, 0.1) is 7.11 Å². The van der Waals surface area contributed by atoms with Gasteiger partial charge in [-0.2, -0.15) is 4.98 Å². The fourth-order valence-corrected chi connectivity index (χ4v) is 4.48. The van der Waals surface area contributed by atoms with Crippen LogP contribution in [0.1, 0.15) is 31.7 Å². The van der Waals surface area contributed by atoms with Gasteiger partial charge < -0.3 is 20.3 Å². The standard InChI is InChI=1S/C23H27N7OS2/c1-16-6-3-4-13-30(16)19-14-20(33-23-24-11-5-12-25-23)28-21(27-19)29-22(32)26-15-17-7-9-18(31-2)10-8-17/h5,7-12,14,16H,3-4,6,13,15H2,1-2H3,(H2,26,27,28,29,32)/t16-/m1/s1. The molecule has 0 aliphatic carbocycles. The molecule has 3 aromatic rings. The van der Waals surface area contributed by atoms with Crippen molar-refractivity contribution < 1.29 is 4.74 Å². The molecule has 1 aromatic carbocycles. The van der Waals surface area contributed by atoms with E-state index in [2.05, 4.69) is 37.4 Å². The first kappa shape index (κ1) is 23.2. The maximum atomic E-state index is 5.51. The van der Waals surface area contributed by atoms with E-state index < -0.39 is 0 Å². The van der Waals surface area contributed by atoms with Gasteiger partial charge in [-0.05, 0) is 73.9 Å². The second-order valence-electron chi connectivity index (χ2n) is 7.72. The second-order valence-corrected chi connectivity index (χ2v) is 9.11. The molecule has 3 heterocycles. The van der Waals surface area contributed by atoms with E-state index in [0.717, 1.165) is 41.5 Å². The Morgan fingerprint density at radius 2 is 1.97 bits per heavy atom. The van der Waals surface area contributed by atoms with Crippen molar-refractivity contribution in [2.45, 2.75) is 49.0 Å². The van der Waals surface area contributed by atoms with Crippen LogP contribution in [-0.4, -0.2) is 44.7 Å². The average Bonchev–Trinajstić information content (AvgIpc) is 2.84. The molecule has 0 bridgehead atoms. The van der Waals surface area contributed by atoms with Gasteiger partial charge in [-0.15, -0.1) is 0 Å². The third kappa shape index (κ3) is 6.52. The summed E-state index contributed by atoms with van der Waals surface area (Å²) in [5.41, 5.74) is 1.09. The smallest absolute Gasteiger partial charge is 0.232 e. The van der Waals surface area contributed by atoms with E-state index in [4.69, 9.17) is 21.9 Å². The summed E-state index contributed by atoms with van der Waals surface area (Å²) in [5.74, 6) is 2.16. The van der Waals surface area contributed by atoms with Crippen LogP contribution in [0.5, 0.6) is 5.75 Å². The van der Waals surface area contributed by atoms with Crippen LogP contribution < -0.4 is 20.3 Å². The SMILES string of the molecule is COc1ccc(CNC(=S)Nc2nc(Sc3ncccn3)cc(N3CCCC[C@H]3C)n2)cc1. The van der Waals surface area contributed by atoms with Crippen LogP contribution in [0.3, 0.4) is 0 Å². The van der Waals surface area contributed by atoms with Crippen molar-refractivity contribution in [3.63, 3.8) is 0 Å². The van der Waals surface area contributed by atoms with Crippen LogP contribution in [0, 0.1) is 0 Å². The molecule has 1 aliphatic rings. The second kappa shape index (κ2) is 11.2. The molecule has 2 N–H and O–H groups in total. The minimum Gasteiger partial charge on any atom is -0.497 e. The van der Waals surface area contributed by atoms with Gasteiger partial charge in [0.25, 0.3) is 0 Å². The fraction of sp³-hybridized carbons (Fsp3) is 0.348. The predicted molar refractivity (Wildman–Crippen MR) is 135 cm³/mol. The number of anilines is 2. The summed E-state index contributed by atoms with van der Waals surface area (Å²) in [6.45, 7) is 3.80. The largest absolute Gasteiger partial charge is 0.497 e. The molecule has 2 aromatic heterocycles. The highest BCUT2D eigenvalue weighted by atomic mass is 32.2. The lowest BCUT2D eigenvalue weighted by atomic mass is 10.0. The monoisotopic (exact) mass is 481 g/mol. The molecule has 1 atom stereocenters. The lowest BCUT2D eigenvalue weighted by molar-refractivity contribution is 0.414. The first-order valence-corrected chi connectivity index (χ1v) is 12.1. The maximum Gasteiger partial charge on any atom is 0.232 e. The van der Waals surface area contributed by atoms with Gasteiger partial charge in [0.2, 0.25) is 5.95 Å². The summed E-state index contributed by atoms with van der Waals surface area (Å²) in [5, 5.41) is 8.23. The molecule has 172 valence electrons. The molecule has 0 spiro atoms. The molecule has 0 radical (unpaired) electrons. The van der Waals surface area contributed by atoms with Gasteiger partial charge in [-0.1, -0.05) is 12.1 Å². The summed E-state index contributed by atoms with van der Waals surface area (Å²) in [4.78, 5) is 20.4. The molecule has 10 heteroatoms. The molecule has 33 heavy (non-hydrogen) atoms. The van der Waals surface area contributed by atoms with Crippen molar-refractivity contribution >= 4 is 40.9 Å². The highest BCUT2D eigenvalue weighted by Gasteiger charge is 2.21. The molecule has 0 amide bonds. The van der Waals surface area contributed by atoms with E-state index in [0.29, 0.717) is 28.8 Å². The third-order valence-electron chi connectivity index (χ3n) is 5.36. The summed E-state index contributed by atoms with van der Waals surface area (Å²) >= 11 is 6.91. The van der Waals surface area contributed by atoms with Crippen molar-refractivity contribution in [1.29, 1.82) is 0 Å². The normalized spacial score (nSPS) is 15.7. The first-order valence-electron chi connectivity index (χ1n) is 10.9. The highest BCUT2D eigenvalue weighted by molar-refractivity contribution is 7.99. The van der Waals surface area contributed by atoms with Gasteiger partial charge in [0, 0.05) is 37.6 Å². The van der Waals surface area contributed by atoms with E-state index in [1.165, 1.54) is 18.2 Å². The minimum absolute atomic E-state index is 0.424. The average molecular weight is 482 g/mol. The van der Waals surface area contributed by atoms with E-state index in [1.807, 2.05) is 30.3 Å². The molecular weight excluding hydrogens is 454 g/mol. The molecule has 1 fully saturated rings. The molecular formula is C23H27N7OS2. The Balaban J connectivity index is 1.49. The first-order chi connectivity index (χ1) is 16.1. The summed E-state index contributed by atoms with van der Waals surface area (Å²) in [6.07, 6.45) is 7.00. The molecule has 1 saturated heterocycles. The van der Waals surface area contributed by atoms with E-state index in [-0.39, 0.29) is 0 Å². The zero-order chi connectivity index (χ0) is 23.0. The van der Waals surface area contributed by atoms with Crippen molar-refractivity contribution in [2.75, 3.05) is 23.9 Å². The van der Waals surface area contributed by atoms with Crippen LogP contribution in [-0.2, 0) is 6.54 Å². The number of nitrogens with one attached hydrogen (secondary N) is 2. The minimum atomic E-state index is 0.424. The van der Waals surface area contributed by atoms with Gasteiger partial charge in [-0.25, -0.2) is 15.0 Å². The van der Waals surface area contributed by atoms with Crippen LogP contribution in [0.25, 0.3) is 0 Å². The number of nitrogens with zero attached hydrogens (tertiary/aromatic N) is 5. The van der Waals surface area contributed by atoms with Gasteiger partial charge in [-0.3, -0.25) is 0 Å². The zero-order valence-corrected chi connectivity index (χ0v) is 20.3. The molecule has 0 unspecified atom stereocenters. The summed E-state index contributed by atoms with van der Waals surface area (Å²) in [6, 6.07) is 12.1. The van der Waals surface area contributed by atoms with Crippen molar-refractivity contribution in [2.24, 2.45) is 0 Å². The molecule has 8 nitrogen and oxygen atoms in total. The van der Waals surface area contributed by atoms with E-state index in [1.54, 1.807) is 25.6 Å². The molecule has 0 saturated carbocycles. The number of hydrogen-bond acceptors (Lipinski definition) is 8. The zero-order valence-electron chi connectivity index (χ0n) is 18.7. The quantitative estimate of drug-likeness (QED) is 0.289. The number of piperidine rings is 1. The number of benzene rings is 1. The number of aromatic nitrogens is 4. The Morgan fingerprint density at radius 1 is 1.18 bits per heavy atom. The van der Waals surface area contributed by atoms with Gasteiger partial charge >= 0.3 is 0 Å². The topological polar surface area (TPSA) is 88.1 Å². The number of rotatable bonds is 7. The Bertz CT molecular complexity index is 1070. The Kier molecular flexibility index (Phi) is 7.90. The maximum absolute atomic E-state index is 5.51. The van der Waals surface area contributed by atoms with Crippen molar-refractivity contribution in [3.05, 3.63) is 54.4 Å². The van der Waals surface area contributed by atoms with Crippen LogP contribution in [0.15, 0.2) is 59.0 Å². The molecule has 1 aliphatic heterocycles. The fourth-order valence-electron chi connectivity index (χ4n) is 3.61. The Morgan fingerprint density at radius 3 is 2.70 bits per heavy atom. The van der Waals surface area contributed by atoms with Crippen molar-refractivity contribution in [1.82, 2.24) is 25.3 Å². The van der Waals surface area contributed by atoms with Crippen LogP contribution >= 0.6 is 24.0 Å². The number of hydrogen-bond donors (Lipinski definition) is 2. The third-order valence-corrected chi connectivity index (χ3v) is 6.42. The van der Waals surface area contributed by atoms with Gasteiger partial charge in [0.15, 0.2) is 10.3 Å². The molecule has 4 rings (SSSR count). The van der Waals surface area contributed by atoms with E-state index in [9.17, 15) is 0 Å². The lowest BCUT2D eigenvalue weighted by Gasteiger charge is -2.34. The number of methoxy groups -OCH3 is 1. The van der Waals surface area contributed by atoms with Gasteiger partial charge in [0.1, 0.15) is 16.6 Å². The van der Waals surface area contributed by atoms with Crippen molar-refractivity contribution in [3.8, 4) is 5.75 Å². The number of ether oxygens (including phenoxy) is 1.